The molecule has 2 aromatic carbocycles. The molecule has 1 aromatic heterocycles. The zero-order valence-electron chi connectivity index (χ0n) is 18.5. The molecule has 0 fully saturated rings. The molecule has 7 nitrogen and oxygen atoms in total. The fraction of sp³-hybridized carbons (Fsp3) is 0.320. The zero-order valence-corrected chi connectivity index (χ0v) is 18.5. The average molecular weight is 435 g/mol. The number of aromatic amines is 1. The van der Waals surface area contributed by atoms with Crippen LogP contribution < -0.4 is 10.9 Å². The van der Waals surface area contributed by atoms with Crippen LogP contribution in [0.2, 0.25) is 0 Å². The van der Waals surface area contributed by atoms with Crippen molar-refractivity contribution in [3.8, 4) is 0 Å². The predicted molar refractivity (Wildman–Crippen MR) is 126 cm³/mol. The fourth-order valence-corrected chi connectivity index (χ4v) is 3.59. The third kappa shape index (κ3) is 6.28. The smallest absolute Gasteiger partial charge is 0.265 e. The molecule has 0 saturated heterocycles. The lowest BCUT2D eigenvalue weighted by Gasteiger charge is -2.23. The number of hydrogen-bond acceptors (Lipinski definition) is 6. The minimum Gasteiger partial charge on any atom is -0.481 e. The lowest BCUT2D eigenvalue weighted by atomic mass is 10.0. The summed E-state index contributed by atoms with van der Waals surface area (Å²) in [5, 5.41) is 21.7. The first-order valence-corrected chi connectivity index (χ1v) is 10.8. The van der Waals surface area contributed by atoms with Crippen LogP contribution in [0.25, 0.3) is 0 Å². The number of aliphatic hydroxyl groups is 1. The molecule has 0 amide bonds. The molecule has 4 N–H and O–H groups in total. The minimum absolute atomic E-state index is 0.0259. The monoisotopic (exact) mass is 434 g/mol. The topological polar surface area (TPSA) is 111 Å². The van der Waals surface area contributed by atoms with E-state index in [1.807, 2.05) is 48.5 Å². The third-order valence-electron chi connectivity index (χ3n) is 5.34. The summed E-state index contributed by atoms with van der Waals surface area (Å²) in [6.07, 6.45) is 2.18. The van der Waals surface area contributed by atoms with Gasteiger partial charge in [0, 0.05) is 6.42 Å². The molecule has 0 spiro atoms. The zero-order chi connectivity index (χ0) is 22.9. The highest BCUT2D eigenvalue weighted by molar-refractivity contribution is 5.96. The number of H-pyrrole nitrogens is 1. The second kappa shape index (κ2) is 11.2. The van der Waals surface area contributed by atoms with Crippen LogP contribution in [-0.2, 0) is 17.6 Å². The summed E-state index contributed by atoms with van der Waals surface area (Å²) < 4.78 is 5.02. The summed E-state index contributed by atoms with van der Waals surface area (Å²) in [5.74, 6) is 0.447. The van der Waals surface area contributed by atoms with Gasteiger partial charge in [0.05, 0.1) is 19.3 Å². The van der Waals surface area contributed by atoms with E-state index in [4.69, 9.17) is 10.1 Å². The van der Waals surface area contributed by atoms with E-state index in [0.717, 1.165) is 18.4 Å². The molecule has 0 aliphatic carbocycles. The summed E-state index contributed by atoms with van der Waals surface area (Å²) in [6.45, 7) is 1.71. The Kier molecular flexibility index (Phi) is 8.16. The molecule has 1 heterocycles. The SMILES string of the molecule is COC(=N)c1c(NC(CCCc2ccccc2)C(C)O)nc(Cc2ccccc2)[nH]c1=O. The van der Waals surface area contributed by atoms with Crippen molar-refractivity contribution in [1.82, 2.24) is 9.97 Å². The van der Waals surface area contributed by atoms with Gasteiger partial charge in [-0.1, -0.05) is 60.7 Å². The van der Waals surface area contributed by atoms with Gasteiger partial charge in [-0.3, -0.25) is 10.2 Å². The van der Waals surface area contributed by atoms with Crippen molar-refractivity contribution in [2.75, 3.05) is 12.4 Å². The number of aryl methyl sites for hydroxylation is 1. The second-order valence-corrected chi connectivity index (χ2v) is 7.80. The molecule has 0 aliphatic heterocycles. The molecule has 2 unspecified atom stereocenters. The number of anilines is 1. The first-order valence-electron chi connectivity index (χ1n) is 10.8. The Balaban J connectivity index is 1.82. The summed E-state index contributed by atoms with van der Waals surface area (Å²) in [5.41, 5.74) is 1.82. The molecule has 32 heavy (non-hydrogen) atoms. The number of nitrogens with one attached hydrogen (secondary N) is 3. The van der Waals surface area contributed by atoms with Gasteiger partial charge >= 0.3 is 0 Å². The van der Waals surface area contributed by atoms with Crippen LogP contribution in [0, 0.1) is 5.41 Å². The molecule has 3 aromatic rings. The summed E-state index contributed by atoms with van der Waals surface area (Å²) in [4.78, 5) is 20.1. The fourth-order valence-electron chi connectivity index (χ4n) is 3.59. The van der Waals surface area contributed by atoms with E-state index in [1.165, 1.54) is 12.7 Å². The van der Waals surface area contributed by atoms with E-state index >= 15 is 0 Å². The summed E-state index contributed by atoms with van der Waals surface area (Å²) >= 11 is 0. The van der Waals surface area contributed by atoms with Crippen LogP contribution in [0.3, 0.4) is 0 Å². The van der Waals surface area contributed by atoms with Crippen LogP contribution in [-0.4, -0.2) is 40.2 Å². The second-order valence-electron chi connectivity index (χ2n) is 7.80. The largest absolute Gasteiger partial charge is 0.481 e. The van der Waals surface area contributed by atoms with E-state index in [0.29, 0.717) is 18.7 Å². The molecule has 0 saturated carbocycles. The Morgan fingerprint density at radius 3 is 2.34 bits per heavy atom. The first-order chi connectivity index (χ1) is 15.5. The van der Waals surface area contributed by atoms with Crippen molar-refractivity contribution in [2.45, 2.75) is 44.8 Å². The summed E-state index contributed by atoms with van der Waals surface area (Å²) in [7, 11) is 1.34. The Morgan fingerprint density at radius 2 is 1.75 bits per heavy atom. The van der Waals surface area contributed by atoms with Crippen LogP contribution in [0.5, 0.6) is 0 Å². The molecule has 0 bridgehead atoms. The summed E-state index contributed by atoms with van der Waals surface area (Å²) in [6, 6.07) is 19.5. The Labute approximate surface area is 188 Å². The van der Waals surface area contributed by atoms with Crippen molar-refractivity contribution in [3.63, 3.8) is 0 Å². The lowest BCUT2D eigenvalue weighted by molar-refractivity contribution is 0.166. The maximum atomic E-state index is 12.8. The van der Waals surface area contributed by atoms with E-state index in [9.17, 15) is 9.90 Å². The van der Waals surface area contributed by atoms with Crippen molar-refractivity contribution < 1.29 is 9.84 Å². The Morgan fingerprint density at radius 1 is 1.12 bits per heavy atom. The molecule has 3 rings (SSSR count). The average Bonchev–Trinajstić information content (AvgIpc) is 2.79. The van der Waals surface area contributed by atoms with Gasteiger partial charge < -0.3 is 20.1 Å². The number of nitrogens with zero attached hydrogens (tertiary/aromatic N) is 1. The van der Waals surface area contributed by atoms with Crippen molar-refractivity contribution >= 4 is 11.7 Å². The minimum atomic E-state index is -0.672. The predicted octanol–water partition coefficient (Wildman–Crippen LogP) is 3.52. The number of rotatable bonds is 10. The van der Waals surface area contributed by atoms with Gasteiger partial charge in [0.2, 0.25) is 5.90 Å². The molecule has 7 heteroatoms. The van der Waals surface area contributed by atoms with Crippen molar-refractivity contribution in [1.29, 1.82) is 5.41 Å². The van der Waals surface area contributed by atoms with E-state index in [-0.39, 0.29) is 23.3 Å². The molecule has 2 atom stereocenters. The highest BCUT2D eigenvalue weighted by Crippen LogP contribution is 2.17. The molecule has 168 valence electrons. The van der Waals surface area contributed by atoms with Crippen LogP contribution >= 0.6 is 0 Å². The van der Waals surface area contributed by atoms with Crippen LogP contribution in [0.15, 0.2) is 65.5 Å². The van der Waals surface area contributed by atoms with Gasteiger partial charge in [0.25, 0.3) is 5.56 Å². The first kappa shape index (κ1) is 23.2. The van der Waals surface area contributed by atoms with Crippen LogP contribution in [0.1, 0.15) is 42.3 Å². The normalized spacial score (nSPS) is 12.7. The van der Waals surface area contributed by atoms with Crippen LogP contribution in [0.4, 0.5) is 5.82 Å². The quantitative estimate of drug-likeness (QED) is 0.288. The van der Waals surface area contributed by atoms with Crippen molar-refractivity contribution in [2.24, 2.45) is 0 Å². The van der Waals surface area contributed by atoms with E-state index < -0.39 is 11.7 Å². The highest BCUT2D eigenvalue weighted by Gasteiger charge is 2.22. The number of ether oxygens (including phenoxy) is 1. The number of aliphatic hydroxyl groups excluding tert-OH is 1. The van der Waals surface area contributed by atoms with Gasteiger partial charge in [-0.05, 0) is 37.3 Å². The van der Waals surface area contributed by atoms with E-state index in [1.54, 1.807) is 6.92 Å². The maximum Gasteiger partial charge on any atom is 0.265 e. The van der Waals surface area contributed by atoms with E-state index in [2.05, 4.69) is 27.4 Å². The Bertz CT molecular complexity index is 1070. The number of aromatic nitrogens is 2. The van der Waals surface area contributed by atoms with Gasteiger partial charge in [-0.15, -0.1) is 0 Å². The van der Waals surface area contributed by atoms with Gasteiger partial charge in [-0.25, -0.2) is 4.98 Å². The number of benzene rings is 2. The lowest BCUT2D eigenvalue weighted by Crippen LogP contribution is -2.35. The standard InChI is InChI=1S/C25H30N4O3/c1-17(30)20(15-9-14-18-10-5-3-6-11-18)27-24-22(23(26)32-2)25(31)29-21(28-24)16-19-12-7-4-8-13-19/h3-8,10-13,17,20,26,30H,9,14-16H2,1-2H3,(H2,27,28,29,31). The number of hydrogen-bond donors (Lipinski definition) is 4. The van der Waals surface area contributed by atoms with Gasteiger partial charge in [0.15, 0.2) is 0 Å². The number of methoxy groups -OCH3 is 1. The van der Waals surface area contributed by atoms with Gasteiger partial charge in [-0.2, -0.15) is 0 Å². The maximum absolute atomic E-state index is 12.8. The molecule has 0 aliphatic rings. The molecule has 0 radical (unpaired) electrons. The Hall–Kier alpha value is -3.45. The highest BCUT2D eigenvalue weighted by atomic mass is 16.5. The van der Waals surface area contributed by atoms with Crippen molar-refractivity contribution in [3.05, 3.63) is 93.5 Å². The third-order valence-corrected chi connectivity index (χ3v) is 5.34. The van der Waals surface area contributed by atoms with Gasteiger partial charge in [0.1, 0.15) is 17.2 Å². The molecular weight excluding hydrogens is 404 g/mol. The molecular formula is C25H30N4O3.